The van der Waals surface area contributed by atoms with Crippen LogP contribution in [0.15, 0.2) is 47.3 Å². The largest absolute Gasteiger partial charge is 0.494 e. The summed E-state index contributed by atoms with van der Waals surface area (Å²) in [6, 6.07) is 13.8. The van der Waals surface area contributed by atoms with E-state index >= 15 is 0 Å². The molecule has 38 heavy (non-hydrogen) atoms. The molecular formula is C28H35N7O3. The molecule has 0 radical (unpaired) electrons. The third kappa shape index (κ3) is 5.27. The lowest BCUT2D eigenvalue weighted by molar-refractivity contribution is 0.171. The van der Waals surface area contributed by atoms with Crippen molar-refractivity contribution in [2.45, 2.75) is 33.4 Å². The first kappa shape index (κ1) is 25.9. The number of H-pyrrole nitrogens is 1. The number of nitrogens with one attached hydrogen (secondary N) is 1. The van der Waals surface area contributed by atoms with Gasteiger partial charge >= 0.3 is 0 Å². The molecule has 2 aromatic carbocycles. The molecule has 10 heteroatoms. The monoisotopic (exact) mass is 517 g/mol. The number of tetrazole rings is 1. The molecule has 1 atom stereocenters. The highest BCUT2D eigenvalue weighted by Crippen LogP contribution is 2.30. The van der Waals surface area contributed by atoms with Gasteiger partial charge in [-0.05, 0) is 72.7 Å². The molecule has 1 saturated heterocycles. The number of benzene rings is 2. The van der Waals surface area contributed by atoms with Crippen LogP contribution in [-0.2, 0) is 11.3 Å². The summed E-state index contributed by atoms with van der Waals surface area (Å²) in [5.74, 6) is 1.40. The van der Waals surface area contributed by atoms with Gasteiger partial charge in [0.2, 0.25) is 0 Å². The van der Waals surface area contributed by atoms with Gasteiger partial charge in [-0.3, -0.25) is 9.69 Å². The Morgan fingerprint density at radius 3 is 2.63 bits per heavy atom. The smallest absolute Gasteiger partial charge is 0.253 e. The quantitative estimate of drug-likeness (QED) is 0.362. The van der Waals surface area contributed by atoms with Crippen molar-refractivity contribution in [3.05, 3.63) is 75.3 Å². The number of ether oxygens (including phenoxy) is 2. The van der Waals surface area contributed by atoms with Gasteiger partial charge in [0.25, 0.3) is 5.56 Å². The molecule has 1 aliphatic rings. The zero-order valence-electron chi connectivity index (χ0n) is 22.5. The van der Waals surface area contributed by atoms with Gasteiger partial charge in [-0.2, -0.15) is 0 Å². The Bertz CT molecular complexity index is 1460. The van der Waals surface area contributed by atoms with Crippen molar-refractivity contribution in [3.63, 3.8) is 0 Å². The van der Waals surface area contributed by atoms with Gasteiger partial charge in [-0.1, -0.05) is 12.1 Å². The van der Waals surface area contributed by atoms with Crippen LogP contribution in [-0.4, -0.2) is 76.6 Å². The van der Waals surface area contributed by atoms with E-state index in [1.165, 1.54) is 16.8 Å². The van der Waals surface area contributed by atoms with E-state index in [2.05, 4.69) is 62.4 Å². The third-order valence-corrected chi connectivity index (χ3v) is 7.15. The molecule has 1 N–H and O–H groups in total. The van der Waals surface area contributed by atoms with E-state index < -0.39 is 6.04 Å². The van der Waals surface area contributed by atoms with E-state index in [-0.39, 0.29) is 5.56 Å². The second-order valence-corrected chi connectivity index (χ2v) is 9.70. The van der Waals surface area contributed by atoms with E-state index in [1.54, 1.807) is 11.8 Å². The zero-order chi connectivity index (χ0) is 26.6. The highest BCUT2D eigenvalue weighted by atomic mass is 16.5. The Hall–Kier alpha value is -3.76. The van der Waals surface area contributed by atoms with Gasteiger partial charge in [-0.15, -0.1) is 5.10 Å². The molecule has 0 saturated carbocycles. The number of piperazine rings is 1. The summed E-state index contributed by atoms with van der Waals surface area (Å²) in [6.45, 7) is 10.9. The first-order valence-electron chi connectivity index (χ1n) is 13.1. The lowest BCUT2D eigenvalue weighted by Gasteiger charge is -2.40. The van der Waals surface area contributed by atoms with Crippen LogP contribution in [0.25, 0.3) is 10.9 Å². The van der Waals surface area contributed by atoms with Gasteiger partial charge in [-0.25, -0.2) is 4.68 Å². The van der Waals surface area contributed by atoms with Crippen molar-refractivity contribution < 1.29 is 9.47 Å². The highest BCUT2D eigenvalue weighted by Gasteiger charge is 2.33. The van der Waals surface area contributed by atoms with Crippen molar-refractivity contribution in [1.29, 1.82) is 0 Å². The molecule has 2 aromatic heterocycles. The minimum absolute atomic E-state index is 0.148. The van der Waals surface area contributed by atoms with Crippen molar-refractivity contribution in [1.82, 2.24) is 30.1 Å². The second kappa shape index (κ2) is 11.3. The molecule has 0 aliphatic carbocycles. The molecule has 10 nitrogen and oxygen atoms in total. The normalized spacial score (nSPS) is 15.2. The molecule has 0 unspecified atom stereocenters. The number of anilines is 1. The first-order chi connectivity index (χ1) is 18.5. The number of aryl methyl sites for hydroxylation is 2. The van der Waals surface area contributed by atoms with Gasteiger partial charge in [0.05, 0.1) is 19.8 Å². The number of fused-ring (bicyclic) bond motifs is 1. The second-order valence-electron chi connectivity index (χ2n) is 9.70. The molecule has 0 amide bonds. The fraction of sp³-hybridized carbons (Fsp3) is 0.429. The third-order valence-electron chi connectivity index (χ3n) is 7.15. The molecule has 5 rings (SSSR count). The summed E-state index contributed by atoms with van der Waals surface area (Å²) in [7, 11) is 1.65. The zero-order valence-corrected chi connectivity index (χ0v) is 22.5. The van der Waals surface area contributed by atoms with E-state index in [4.69, 9.17) is 9.47 Å². The number of methoxy groups -OCH3 is 1. The lowest BCUT2D eigenvalue weighted by Crippen LogP contribution is -2.49. The van der Waals surface area contributed by atoms with Crippen molar-refractivity contribution in [2.75, 3.05) is 51.4 Å². The minimum atomic E-state index is -0.411. The topological polar surface area (TPSA) is 101 Å². The maximum Gasteiger partial charge on any atom is 0.253 e. The molecule has 0 spiro atoms. The van der Waals surface area contributed by atoms with E-state index in [9.17, 15) is 4.79 Å². The van der Waals surface area contributed by atoms with Gasteiger partial charge in [0, 0.05) is 55.4 Å². The number of pyridine rings is 1. The van der Waals surface area contributed by atoms with E-state index in [0.717, 1.165) is 42.8 Å². The molecule has 3 heterocycles. The van der Waals surface area contributed by atoms with Gasteiger partial charge in [0.15, 0.2) is 5.82 Å². The average molecular weight is 518 g/mol. The molecule has 200 valence electrons. The number of hydrogen-bond donors (Lipinski definition) is 1. The van der Waals surface area contributed by atoms with Crippen LogP contribution in [0.2, 0.25) is 0 Å². The Morgan fingerprint density at radius 2 is 1.87 bits per heavy atom. The van der Waals surface area contributed by atoms with Crippen LogP contribution in [0.5, 0.6) is 5.75 Å². The van der Waals surface area contributed by atoms with Crippen molar-refractivity contribution in [3.8, 4) is 5.75 Å². The minimum Gasteiger partial charge on any atom is -0.494 e. The first-order valence-corrected chi connectivity index (χ1v) is 13.1. The molecule has 1 fully saturated rings. The van der Waals surface area contributed by atoms with Crippen LogP contribution < -0.4 is 15.2 Å². The molecule has 0 bridgehead atoms. The summed E-state index contributed by atoms with van der Waals surface area (Å²) >= 11 is 0. The average Bonchev–Trinajstić information content (AvgIpc) is 3.38. The number of aromatic nitrogens is 5. The van der Waals surface area contributed by atoms with Gasteiger partial charge in [0.1, 0.15) is 11.8 Å². The summed E-state index contributed by atoms with van der Waals surface area (Å²) < 4.78 is 12.7. The van der Waals surface area contributed by atoms with Crippen LogP contribution in [0, 0.1) is 13.8 Å². The SMILES string of the molecule is CCOc1ccc2[nH]c(=O)c([C@H](c3nnnn3CCOC)N3CCN(c4cc(C)ccc4C)CC3)cc2c1. The predicted molar refractivity (Wildman–Crippen MR) is 147 cm³/mol. The summed E-state index contributed by atoms with van der Waals surface area (Å²) in [5, 5.41) is 13.5. The highest BCUT2D eigenvalue weighted by molar-refractivity contribution is 5.80. The maximum absolute atomic E-state index is 13.5. The maximum atomic E-state index is 13.5. The predicted octanol–water partition coefficient (Wildman–Crippen LogP) is 3.09. The summed E-state index contributed by atoms with van der Waals surface area (Å²) in [6.07, 6.45) is 0. The standard InChI is InChI=1S/C28H35N7O3/c1-5-38-22-8-9-24-21(17-22)18-23(28(36)29-24)26(27-30-31-32-35(27)14-15-37-4)34-12-10-33(11-13-34)25-16-19(2)6-7-20(25)3/h6-9,16-18,26H,5,10-15H2,1-4H3,(H,29,36)/t26-/m1/s1. The fourth-order valence-corrected chi connectivity index (χ4v) is 5.19. The molecule has 1 aliphatic heterocycles. The summed E-state index contributed by atoms with van der Waals surface area (Å²) in [4.78, 5) is 21.3. The fourth-order valence-electron chi connectivity index (χ4n) is 5.19. The Balaban J connectivity index is 1.52. The number of hydrogen-bond acceptors (Lipinski definition) is 8. The Morgan fingerprint density at radius 1 is 1.05 bits per heavy atom. The van der Waals surface area contributed by atoms with Crippen LogP contribution in [0.3, 0.4) is 0 Å². The molecular weight excluding hydrogens is 482 g/mol. The number of nitrogens with zero attached hydrogens (tertiary/aromatic N) is 6. The van der Waals surface area contributed by atoms with Crippen LogP contribution >= 0.6 is 0 Å². The summed E-state index contributed by atoms with van der Waals surface area (Å²) in [5.41, 5.74) is 5.00. The van der Waals surface area contributed by atoms with E-state index in [0.29, 0.717) is 31.1 Å². The van der Waals surface area contributed by atoms with E-state index in [1.807, 2.05) is 31.2 Å². The van der Waals surface area contributed by atoms with Crippen molar-refractivity contribution >= 4 is 16.6 Å². The van der Waals surface area contributed by atoms with Crippen molar-refractivity contribution in [2.24, 2.45) is 0 Å². The molecule has 4 aromatic rings. The number of aromatic amines is 1. The Labute approximate surface area is 222 Å². The lowest BCUT2D eigenvalue weighted by atomic mass is 10.0. The van der Waals surface area contributed by atoms with Gasteiger partial charge < -0.3 is 19.4 Å². The Kier molecular flexibility index (Phi) is 7.71. The van der Waals surface area contributed by atoms with Crippen LogP contribution in [0.4, 0.5) is 5.69 Å². The number of rotatable bonds is 9. The van der Waals surface area contributed by atoms with Crippen LogP contribution in [0.1, 0.15) is 35.5 Å².